The first kappa shape index (κ1) is 15.2. The summed E-state index contributed by atoms with van der Waals surface area (Å²) in [5, 5.41) is 11.6. The van der Waals surface area contributed by atoms with Gasteiger partial charge in [-0.25, -0.2) is 9.18 Å². The summed E-state index contributed by atoms with van der Waals surface area (Å²) in [6, 6.07) is 8.64. The number of carboxylic acids is 1. The molecule has 0 unspecified atom stereocenters. The van der Waals surface area contributed by atoms with E-state index in [1.807, 2.05) is 0 Å². The zero-order valence-electron chi connectivity index (χ0n) is 11.0. The Morgan fingerprint density at radius 3 is 2.57 bits per heavy atom. The van der Waals surface area contributed by atoms with Gasteiger partial charge in [-0.3, -0.25) is 4.79 Å². The van der Waals surface area contributed by atoms with E-state index >= 15 is 0 Å². The molecule has 2 N–H and O–H groups in total. The summed E-state index contributed by atoms with van der Waals surface area (Å²) >= 11 is 3.18. The van der Waals surface area contributed by atoms with Crippen molar-refractivity contribution in [1.29, 1.82) is 0 Å². The number of aryl methyl sites for hydroxylation is 1. The van der Waals surface area contributed by atoms with Crippen LogP contribution in [0.2, 0.25) is 0 Å². The van der Waals surface area contributed by atoms with Crippen LogP contribution in [0.25, 0.3) is 0 Å². The van der Waals surface area contributed by atoms with Crippen LogP contribution in [0.15, 0.2) is 40.9 Å². The van der Waals surface area contributed by atoms with Crippen molar-refractivity contribution in [2.45, 2.75) is 6.92 Å². The number of rotatable bonds is 3. The average Bonchev–Trinajstić information content (AvgIpc) is 2.43. The van der Waals surface area contributed by atoms with Crippen LogP contribution in [0.3, 0.4) is 0 Å². The maximum atomic E-state index is 13.7. The zero-order valence-corrected chi connectivity index (χ0v) is 12.6. The summed E-state index contributed by atoms with van der Waals surface area (Å²) in [6.07, 6.45) is 0. The van der Waals surface area contributed by atoms with Crippen molar-refractivity contribution in [3.8, 4) is 0 Å². The quantitative estimate of drug-likeness (QED) is 0.882. The highest BCUT2D eigenvalue weighted by Crippen LogP contribution is 2.27. The molecule has 0 aliphatic carbocycles. The Labute approximate surface area is 128 Å². The number of carbonyl (C=O) groups excluding carboxylic acids is 1. The van der Waals surface area contributed by atoms with Crippen LogP contribution in [0.5, 0.6) is 0 Å². The highest BCUT2D eigenvalue weighted by Gasteiger charge is 2.18. The van der Waals surface area contributed by atoms with Crippen LogP contribution in [0, 0.1) is 12.7 Å². The lowest BCUT2D eigenvalue weighted by molar-refractivity contribution is 0.0698. The predicted molar refractivity (Wildman–Crippen MR) is 80.2 cm³/mol. The minimum Gasteiger partial charge on any atom is -0.478 e. The molecule has 0 aliphatic rings. The van der Waals surface area contributed by atoms with Gasteiger partial charge in [0.15, 0.2) is 0 Å². The number of benzene rings is 2. The zero-order chi connectivity index (χ0) is 15.6. The maximum absolute atomic E-state index is 13.7. The van der Waals surface area contributed by atoms with Crippen LogP contribution in [0.1, 0.15) is 26.3 Å². The Bertz CT molecular complexity index is 731. The van der Waals surface area contributed by atoms with Gasteiger partial charge in [-0.15, -0.1) is 0 Å². The molecule has 0 fully saturated rings. The van der Waals surface area contributed by atoms with E-state index in [1.54, 1.807) is 19.1 Å². The molecular weight excluding hydrogens is 341 g/mol. The van der Waals surface area contributed by atoms with Crippen molar-refractivity contribution in [2.24, 2.45) is 0 Å². The minimum atomic E-state index is -1.18. The van der Waals surface area contributed by atoms with Crippen molar-refractivity contribution in [1.82, 2.24) is 0 Å². The van der Waals surface area contributed by atoms with Crippen molar-refractivity contribution < 1.29 is 19.1 Å². The van der Waals surface area contributed by atoms with Gasteiger partial charge in [-0.1, -0.05) is 17.7 Å². The van der Waals surface area contributed by atoms with Gasteiger partial charge < -0.3 is 10.4 Å². The molecule has 0 atom stereocenters. The second-order valence-electron chi connectivity index (χ2n) is 4.40. The van der Waals surface area contributed by atoms with Crippen molar-refractivity contribution in [3.63, 3.8) is 0 Å². The highest BCUT2D eigenvalue weighted by atomic mass is 79.9. The van der Waals surface area contributed by atoms with E-state index in [0.717, 1.165) is 5.56 Å². The fourth-order valence-corrected chi connectivity index (χ4v) is 2.29. The number of anilines is 1. The Kier molecular flexibility index (Phi) is 4.37. The number of aromatic carboxylic acids is 1. The van der Waals surface area contributed by atoms with Crippen molar-refractivity contribution in [2.75, 3.05) is 5.32 Å². The van der Waals surface area contributed by atoms with E-state index in [2.05, 4.69) is 21.2 Å². The standard InChI is InChI=1S/C15H11BrFNO3/c1-8-5-6-12(17)10(7-8)14(19)18-13-9(15(20)21)3-2-4-11(13)16/h2-7H,1H3,(H,18,19)(H,20,21). The molecule has 0 bridgehead atoms. The van der Waals surface area contributed by atoms with E-state index in [9.17, 15) is 14.0 Å². The van der Waals surface area contributed by atoms with Gasteiger partial charge in [0.2, 0.25) is 0 Å². The van der Waals surface area contributed by atoms with Crippen LogP contribution < -0.4 is 5.32 Å². The molecule has 0 saturated carbocycles. The summed E-state index contributed by atoms with van der Waals surface area (Å²) in [5.74, 6) is -2.55. The lowest BCUT2D eigenvalue weighted by atomic mass is 10.1. The SMILES string of the molecule is Cc1ccc(F)c(C(=O)Nc2c(Br)cccc2C(=O)O)c1. The summed E-state index contributed by atoms with van der Waals surface area (Å²) < 4.78 is 14.1. The van der Waals surface area contributed by atoms with Gasteiger partial charge >= 0.3 is 5.97 Å². The monoisotopic (exact) mass is 351 g/mol. The van der Waals surface area contributed by atoms with Crippen LogP contribution in [-0.2, 0) is 0 Å². The first-order valence-corrected chi connectivity index (χ1v) is 6.78. The summed E-state index contributed by atoms with van der Waals surface area (Å²) in [7, 11) is 0. The van der Waals surface area contributed by atoms with Gasteiger partial charge in [0.1, 0.15) is 5.82 Å². The average molecular weight is 352 g/mol. The molecule has 0 spiro atoms. The normalized spacial score (nSPS) is 10.2. The first-order chi connectivity index (χ1) is 9.90. The molecule has 0 saturated heterocycles. The third-order valence-corrected chi connectivity index (χ3v) is 3.51. The van der Waals surface area contributed by atoms with Gasteiger partial charge in [-0.2, -0.15) is 0 Å². The fraction of sp³-hybridized carbons (Fsp3) is 0.0667. The first-order valence-electron chi connectivity index (χ1n) is 5.99. The molecule has 2 aromatic rings. The van der Waals surface area contributed by atoms with E-state index in [4.69, 9.17) is 5.11 Å². The lowest BCUT2D eigenvalue weighted by Gasteiger charge is -2.11. The lowest BCUT2D eigenvalue weighted by Crippen LogP contribution is -2.17. The molecule has 2 rings (SSSR count). The van der Waals surface area contributed by atoms with E-state index in [0.29, 0.717) is 4.47 Å². The summed E-state index contributed by atoms with van der Waals surface area (Å²) in [4.78, 5) is 23.3. The van der Waals surface area contributed by atoms with Gasteiger partial charge in [-0.05, 0) is 47.1 Å². The molecule has 2 aromatic carbocycles. The maximum Gasteiger partial charge on any atom is 0.337 e. The molecule has 0 radical (unpaired) electrons. The number of halogens is 2. The van der Waals surface area contributed by atoms with Crippen LogP contribution in [0.4, 0.5) is 10.1 Å². The summed E-state index contributed by atoms with van der Waals surface area (Å²) in [5.41, 5.74) is 0.607. The van der Waals surface area contributed by atoms with Crippen LogP contribution in [-0.4, -0.2) is 17.0 Å². The Morgan fingerprint density at radius 1 is 1.19 bits per heavy atom. The summed E-state index contributed by atoms with van der Waals surface area (Å²) in [6.45, 7) is 1.73. The van der Waals surface area contributed by atoms with Gasteiger partial charge in [0, 0.05) is 4.47 Å². The molecule has 6 heteroatoms. The molecule has 1 amide bonds. The number of nitrogens with one attached hydrogen (secondary N) is 1. The van der Waals surface area contributed by atoms with Gasteiger partial charge in [0.05, 0.1) is 16.8 Å². The Balaban J connectivity index is 2.41. The molecule has 0 aliphatic heterocycles. The Morgan fingerprint density at radius 2 is 1.90 bits per heavy atom. The molecule has 108 valence electrons. The third kappa shape index (κ3) is 3.28. The topological polar surface area (TPSA) is 66.4 Å². The minimum absolute atomic E-state index is 0.0780. The highest BCUT2D eigenvalue weighted by molar-refractivity contribution is 9.10. The number of carboxylic acid groups (broad SMARTS) is 1. The van der Waals surface area contributed by atoms with Crippen molar-refractivity contribution >= 4 is 33.5 Å². The molecule has 0 heterocycles. The predicted octanol–water partition coefficient (Wildman–Crippen LogP) is 3.85. The number of hydrogen-bond acceptors (Lipinski definition) is 2. The number of para-hydroxylation sites is 1. The Hall–Kier alpha value is -2.21. The van der Waals surface area contributed by atoms with E-state index < -0.39 is 17.7 Å². The van der Waals surface area contributed by atoms with E-state index in [-0.39, 0.29) is 16.8 Å². The molecule has 0 aromatic heterocycles. The number of carbonyl (C=O) groups is 2. The van der Waals surface area contributed by atoms with Crippen LogP contribution >= 0.6 is 15.9 Å². The smallest absolute Gasteiger partial charge is 0.337 e. The second kappa shape index (κ2) is 6.05. The largest absolute Gasteiger partial charge is 0.478 e. The van der Waals surface area contributed by atoms with E-state index in [1.165, 1.54) is 24.3 Å². The molecule has 4 nitrogen and oxygen atoms in total. The fourth-order valence-electron chi connectivity index (χ4n) is 1.82. The van der Waals surface area contributed by atoms with Gasteiger partial charge in [0.25, 0.3) is 5.91 Å². The van der Waals surface area contributed by atoms with Crippen molar-refractivity contribution in [3.05, 3.63) is 63.4 Å². The number of hydrogen-bond donors (Lipinski definition) is 2. The molecular formula is C15H11BrFNO3. The third-order valence-electron chi connectivity index (χ3n) is 2.85. The second-order valence-corrected chi connectivity index (χ2v) is 5.26. The number of amides is 1. The molecule has 21 heavy (non-hydrogen) atoms.